The van der Waals surface area contributed by atoms with E-state index >= 15 is 0 Å². The van der Waals surface area contributed by atoms with Gasteiger partial charge >= 0.3 is 6.36 Å². The highest BCUT2D eigenvalue weighted by Crippen LogP contribution is 2.24. The van der Waals surface area contributed by atoms with Crippen molar-refractivity contribution in [2.45, 2.75) is 91.0 Å². The van der Waals surface area contributed by atoms with Crippen LogP contribution >= 0.6 is 0 Å². The smallest absolute Gasteiger partial charge is 0.406 e. The summed E-state index contributed by atoms with van der Waals surface area (Å²) < 4.78 is 41.1. The number of ketones is 2. The van der Waals surface area contributed by atoms with Crippen molar-refractivity contribution in [2.24, 2.45) is 0 Å². The largest absolute Gasteiger partial charge is 0.573 e. The van der Waals surface area contributed by atoms with Crippen LogP contribution in [-0.4, -0.2) is 45.8 Å². The van der Waals surface area contributed by atoms with Crippen molar-refractivity contribution in [3.05, 3.63) is 77.6 Å². The number of ether oxygens (including phenoxy) is 1. The van der Waals surface area contributed by atoms with Gasteiger partial charge in [0.15, 0.2) is 0 Å². The molecule has 0 fully saturated rings. The average Bonchev–Trinajstić information content (AvgIpc) is 2.96. The first-order valence-electron chi connectivity index (χ1n) is 15.2. The van der Waals surface area contributed by atoms with Gasteiger partial charge in [-0.25, -0.2) is 9.97 Å². The van der Waals surface area contributed by atoms with Gasteiger partial charge in [0.2, 0.25) is 11.8 Å². The van der Waals surface area contributed by atoms with Gasteiger partial charge in [0.1, 0.15) is 35.0 Å². The summed E-state index contributed by atoms with van der Waals surface area (Å²) in [5, 5.41) is 5.29. The van der Waals surface area contributed by atoms with Crippen molar-refractivity contribution in [2.75, 3.05) is 11.1 Å². The van der Waals surface area contributed by atoms with E-state index < -0.39 is 30.0 Å². The maximum Gasteiger partial charge on any atom is 0.573 e. The standard InChI is InChI=1S/C24H28F3N3O4.C10H14N2O/c1-4-6-20(23(33)30-21-10-9-18(14-28-21)15(2)11-16(3)31)29-22(32)13-17-7-5-8-19(12-17)34-24(25,26)27;1-7(5-8(2)13)9-3-4-10(11)12-6-9/h5,7-10,12,14-15,20H,4,6,11,13H2,1-3H3,(H,29,32)(H,28,30,33);3-4,6-7H,5H2,1-2H3,(H2,11,12). The van der Waals surface area contributed by atoms with Crippen LogP contribution in [0.25, 0.3) is 0 Å². The number of Topliss-reactive ketones (excluding diaryl/α,β-unsaturated/α-hetero) is 2. The number of carbonyl (C=O) groups excluding carboxylic acids is 4. The van der Waals surface area contributed by atoms with Gasteiger partial charge in [-0.15, -0.1) is 13.2 Å². The highest BCUT2D eigenvalue weighted by Gasteiger charge is 2.31. The lowest BCUT2D eigenvalue weighted by molar-refractivity contribution is -0.274. The number of nitrogen functional groups attached to an aromatic ring is 1. The molecular weight excluding hydrogens is 615 g/mol. The summed E-state index contributed by atoms with van der Waals surface area (Å²) in [4.78, 5) is 55.5. The molecule has 0 aliphatic rings. The van der Waals surface area contributed by atoms with Crippen LogP contribution in [0.5, 0.6) is 5.75 Å². The second-order valence-electron chi connectivity index (χ2n) is 11.4. The van der Waals surface area contributed by atoms with Gasteiger partial charge in [-0.2, -0.15) is 0 Å². The van der Waals surface area contributed by atoms with E-state index in [-0.39, 0.29) is 29.8 Å². The van der Waals surface area contributed by atoms with Gasteiger partial charge in [-0.05, 0) is 73.1 Å². The number of amides is 2. The maximum absolute atomic E-state index is 12.7. The van der Waals surface area contributed by atoms with Crippen LogP contribution in [0.4, 0.5) is 24.8 Å². The molecule has 254 valence electrons. The molecule has 0 saturated heterocycles. The van der Waals surface area contributed by atoms with Crippen LogP contribution in [-0.2, 0) is 25.6 Å². The minimum absolute atomic E-state index is 0.00177. The van der Waals surface area contributed by atoms with E-state index in [1.807, 2.05) is 26.8 Å². The van der Waals surface area contributed by atoms with E-state index in [1.165, 1.54) is 19.1 Å². The predicted octanol–water partition coefficient (Wildman–Crippen LogP) is 6.28. The number of nitrogens with two attached hydrogens (primary N) is 1. The summed E-state index contributed by atoms with van der Waals surface area (Å²) in [5.41, 5.74) is 7.69. The van der Waals surface area contributed by atoms with Gasteiger partial charge in [-0.1, -0.05) is 51.5 Å². The molecule has 13 heteroatoms. The molecule has 1 aromatic carbocycles. The first-order chi connectivity index (χ1) is 22.1. The zero-order chi connectivity index (χ0) is 35.1. The Morgan fingerprint density at radius 2 is 1.49 bits per heavy atom. The summed E-state index contributed by atoms with van der Waals surface area (Å²) in [5.74, 6) is -0.0809. The number of pyridine rings is 2. The van der Waals surface area contributed by atoms with Crippen LogP contribution < -0.4 is 21.1 Å². The quantitative estimate of drug-likeness (QED) is 0.183. The highest BCUT2D eigenvalue weighted by molar-refractivity contribution is 5.96. The van der Waals surface area contributed by atoms with E-state index in [0.29, 0.717) is 42.9 Å². The molecule has 47 heavy (non-hydrogen) atoms. The Hall–Kier alpha value is -4.81. The van der Waals surface area contributed by atoms with Crippen molar-refractivity contribution in [3.8, 4) is 5.75 Å². The van der Waals surface area contributed by atoms with Crippen LogP contribution in [0, 0.1) is 0 Å². The van der Waals surface area contributed by atoms with Gasteiger partial charge < -0.3 is 30.7 Å². The Kier molecular flexibility index (Phi) is 15.0. The van der Waals surface area contributed by atoms with Gasteiger partial charge in [-0.3, -0.25) is 9.59 Å². The number of aromatic nitrogens is 2. The topological polar surface area (TPSA) is 153 Å². The molecule has 0 saturated carbocycles. The molecule has 0 spiro atoms. The molecule has 0 aliphatic heterocycles. The molecule has 0 aliphatic carbocycles. The van der Waals surface area contributed by atoms with E-state index in [0.717, 1.165) is 23.3 Å². The Labute approximate surface area is 272 Å². The fraction of sp³-hybridized carbons (Fsp3) is 0.412. The molecule has 3 aromatic rings. The number of nitrogens with one attached hydrogen (secondary N) is 2. The monoisotopic (exact) mass is 657 g/mol. The third-order valence-corrected chi connectivity index (χ3v) is 6.90. The lowest BCUT2D eigenvalue weighted by Gasteiger charge is -2.18. The van der Waals surface area contributed by atoms with Crippen LogP contribution in [0.1, 0.15) is 88.8 Å². The maximum atomic E-state index is 12.7. The summed E-state index contributed by atoms with van der Waals surface area (Å²) >= 11 is 0. The van der Waals surface area contributed by atoms with E-state index in [2.05, 4.69) is 25.3 Å². The number of hydrogen-bond acceptors (Lipinski definition) is 8. The Balaban J connectivity index is 0.000000492. The minimum Gasteiger partial charge on any atom is -0.406 e. The number of carbonyl (C=O) groups is 4. The molecule has 3 rings (SSSR count). The fourth-order valence-corrected chi connectivity index (χ4v) is 4.63. The van der Waals surface area contributed by atoms with E-state index in [1.54, 1.807) is 37.5 Å². The Bertz CT molecular complexity index is 1480. The Morgan fingerprint density at radius 3 is 1.98 bits per heavy atom. The van der Waals surface area contributed by atoms with Gasteiger partial charge in [0, 0.05) is 25.2 Å². The number of alkyl halides is 3. The van der Waals surface area contributed by atoms with Crippen LogP contribution in [0.15, 0.2) is 60.9 Å². The molecule has 0 radical (unpaired) electrons. The van der Waals surface area contributed by atoms with E-state index in [4.69, 9.17) is 5.73 Å². The van der Waals surface area contributed by atoms with Crippen LogP contribution in [0.2, 0.25) is 0 Å². The second-order valence-corrected chi connectivity index (χ2v) is 11.4. The van der Waals surface area contributed by atoms with Crippen LogP contribution in [0.3, 0.4) is 0 Å². The fourth-order valence-electron chi connectivity index (χ4n) is 4.63. The third-order valence-electron chi connectivity index (χ3n) is 6.90. The second kappa shape index (κ2) is 18.4. The molecule has 10 nitrogen and oxygen atoms in total. The van der Waals surface area contributed by atoms with Crippen molar-refractivity contribution < 1.29 is 37.1 Å². The Morgan fingerprint density at radius 1 is 0.894 bits per heavy atom. The zero-order valence-electron chi connectivity index (χ0n) is 27.2. The lowest BCUT2D eigenvalue weighted by atomic mass is 9.98. The highest BCUT2D eigenvalue weighted by atomic mass is 19.4. The molecular formula is C34H42F3N5O5. The van der Waals surface area contributed by atoms with Crippen molar-refractivity contribution in [3.63, 3.8) is 0 Å². The number of rotatable bonds is 14. The van der Waals surface area contributed by atoms with E-state index in [9.17, 15) is 32.3 Å². The summed E-state index contributed by atoms with van der Waals surface area (Å²) in [7, 11) is 0. The predicted molar refractivity (Wildman–Crippen MR) is 173 cm³/mol. The summed E-state index contributed by atoms with van der Waals surface area (Å²) in [6, 6.07) is 11.3. The number of nitrogens with zero attached hydrogens (tertiary/aromatic N) is 2. The SMILES string of the molecule is CC(=O)CC(C)c1ccc(N)nc1.CCCC(NC(=O)Cc1cccc(OC(F)(F)F)c1)C(=O)Nc1ccc(C(C)CC(C)=O)cn1. The minimum atomic E-state index is -4.83. The van der Waals surface area contributed by atoms with Crippen molar-refractivity contribution in [1.29, 1.82) is 0 Å². The number of anilines is 2. The summed E-state index contributed by atoms with van der Waals surface area (Å²) in [6.45, 7) is 8.89. The number of hydrogen-bond donors (Lipinski definition) is 3. The number of halogens is 3. The first kappa shape index (κ1) is 38.4. The molecule has 3 unspecified atom stereocenters. The molecule has 4 N–H and O–H groups in total. The molecule has 2 heterocycles. The number of benzene rings is 1. The average molecular weight is 658 g/mol. The molecule has 2 aromatic heterocycles. The van der Waals surface area contributed by atoms with Gasteiger partial charge in [0.05, 0.1) is 6.42 Å². The molecule has 2 amide bonds. The van der Waals surface area contributed by atoms with Crippen molar-refractivity contribution in [1.82, 2.24) is 15.3 Å². The third kappa shape index (κ3) is 14.9. The first-order valence-corrected chi connectivity index (χ1v) is 15.2. The normalized spacial score (nSPS) is 12.9. The zero-order valence-corrected chi connectivity index (χ0v) is 27.2. The lowest BCUT2D eigenvalue weighted by Crippen LogP contribution is -2.44. The molecule has 0 bridgehead atoms. The molecule has 3 atom stereocenters. The summed E-state index contributed by atoms with van der Waals surface area (Å²) in [6.07, 6.45) is 0.196. The van der Waals surface area contributed by atoms with Crippen molar-refractivity contribution >= 4 is 35.0 Å². The van der Waals surface area contributed by atoms with Gasteiger partial charge in [0.25, 0.3) is 0 Å².